The number of nitrogens with one attached hydrogen (secondary N) is 1. The van der Waals surface area contributed by atoms with Crippen LogP contribution in [0, 0.1) is 11.6 Å². The van der Waals surface area contributed by atoms with E-state index in [1.54, 1.807) is 42.2 Å². The average Bonchev–Trinajstić information content (AvgIpc) is 3.21. The monoisotopic (exact) mass is 410 g/mol. The van der Waals surface area contributed by atoms with Gasteiger partial charge >= 0.3 is 0 Å². The first-order valence-electron chi connectivity index (χ1n) is 9.25. The normalized spacial score (nSPS) is 16.0. The number of ether oxygens (including phenoxy) is 1. The SMILES string of the molecule is CN(C(=O)c1ccc2nccn2c1)C1COCc2[nH]c(=O)c3cc(F)c(F)cc3c21. The minimum absolute atomic E-state index is 0.0280. The lowest BCUT2D eigenvalue weighted by Gasteiger charge is -2.33. The standard InChI is InChI=1S/C21H16F2N4O3/c1-26(21(29)11-2-3-18-24-4-5-27(18)8-11)17-10-30-9-16-19(17)12-6-14(22)15(23)7-13(12)20(28)25-16/h2-8,17H,9-10H2,1H3,(H,25,28). The topological polar surface area (TPSA) is 79.7 Å². The lowest BCUT2D eigenvalue weighted by molar-refractivity contribution is 0.0335. The van der Waals surface area contributed by atoms with Gasteiger partial charge in [0.05, 0.1) is 30.2 Å². The number of H-pyrrole nitrogens is 1. The third-order valence-corrected chi connectivity index (χ3v) is 5.46. The lowest BCUT2D eigenvalue weighted by atomic mass is 9.95. The van der Waals surface area contributed by atoms with Gasteiger partial charge in [0.1, 0.15) is 5.65 Å². The summed E-state index contributed by atoms with van der Waals surface area (Å²) in [6, 6.07) is 4.70. The van der Waals surface area contributed by atoms with Crippen molar-refractivity contribution < 1.29 is 18.3 Å². The molecule has 0 saturated carbocycles. The number of carbonyl (C=O) groups excluding carboxylic acids is 1. The number of benzene rings is 1. The molecule has 30 heavy (non-hydrogen) atoms. The van der Waals surface area contributed by atoms with E-state index in [1.807, 2.05) is 0 Å². The molecule has 0 fully saturated rings. The largest absolute Gasteiger partial charge is 0.373 e. The zero-order valence-corrected chi connectivity index (χ0v) is 15.9. The zero-order valence-electron chi connectivity index (χ0n) is 15.9. The first-order valence-corrected chi connectivity index (χ1v) is 9.25. The Labute approximate surface area is 168 Å². The van der Waals surface area contributed by atoms with Gasteiger partial charge in [-0.1, -0.05) is 0 Å². The van der Waals surface area contributed by atoms with Crippen LogP contribution in [-0.4, -0.2) is 38.8 Å². The first-order chi connectivity index (χ1) is 14.4. The number of imidazole rings is 1. The van der Waals surface area contributed by atoms with Crippen LogP contribution in [0.2, 0.25) is 0 Å². The second kappa shape index (κ2) is 6.74. The Hall–Kier alpha value is -3.59. The summed E-state index contributed by atoms with van der Waals surface area (Å²) in [6.45, 7) is 0.266. The van der Waals surface area contributed by atoms with E-state index in [-0.39, 0.29) is 29.9 Å². The van der Waals surface area contributed by atoms with Gasteiger partial charge < -0.3 is 19.0 Å². The summed E-state index contributed by atoms with van der Waals surface area (Å²) >= 11 is 0. The molecule has 1 aliphatic rings. The molecule has 1 N–H and O–H groups in total. The minimum atomic E-state index is -1.10. The number of aromatic nitrogens is 3. The number of carbonyl (C=O) groups is 1. The van der Waals surface area contributed by atoms with Gasteiger partial charge in [0.2, 0.25) is 0 Å². The van der Waals surface area contributed by atoms with Gasteiger partial charge in [-0.3, -0.25) is 9.59 Å². The molecular formula is C21H16F2N4O3. The third-order valence-electron chi connectivity index (χ3n) is 5.46. The molecule has 1 aromatic carbocycles. The van der Waals surface area contributed by atoms with E-state index < -0.39 is 23.2 Å². The van der Waals surface area contributed by atoms with Gasteiger partial charge in [-0.25, -0.2) is 13.8 Å². The minimum Gasteiger partial charge on any atom is -0.373 e. The summed E-state index contributed by atoms with van der Waals surface area (Å²) in [5.74, 6) is -2.44. The van der Waals surface area contributed by atoms with E-state index in [0.717, 1.165) is 12.1 Å². The summed E-state index contributed by atoms with van der Waals surface area (Å²) < 4.78 is 35.1. The highest BCUT2D eigenvalue weighted by molar-refractivity contribution is 5.95. The Kier molecular flexibility index (Phi) is 4.14. The highest BCUT2D eigenvalue weighted by Crippen LogP contribution is 2.34. The Balaban J connectivity index is 1.62. The zero-order chi connectivity index (χ0) is 21.0. The first kappa shape index (κ1) is 18.4. The van der Waals surface area contributed by atoms with Gasteiger partial charge in [-0.05, 0) is 29.7 Å². The summed E-state index contributed by atoms with van der Waals surface area (Å²) in [5, 5.41) is 0.297. The lowest BCUT2D eigenvalue weighted by Crippen LogP contribution is -2.37. The van der Waals surface area contributed by atoms with Crippen LogP contribution in [0.15, 0.2) is 47.7 Å². The quantitative estimate of drug-likeness (QED) is 0.551. The fraction of sp³-hybridized carbons (Fsp3) is 0.190. The number of nitrogens with zero attached hydrogens (tertiary/aromatic N) is 3. The maximum Gasteiger partial charge on any atom is 0.256 e. The molecule has 4 heterocycles. The van der Waals surface area contributed by atoms with Crippen LogP contribution >= 0.6 is 0 Å². The molecule has 3 aromatic heterocycles. The van der Waals surface area contributed by atoms with E-state index in [4.69, 9.17) is 4.74 Å². The summed E-state index contributed by atoms with van der Waals surface area (Å²) in [5.41, 5.74) is 1.60. The van der Waals surface area contributed by atoms with Crippen molar-refractivity contribution in [1.82, 2.24) is 19.3 Å². The smallest absolute Gasteiger partial charge is 0.256 e. The van der Waals surface area contributed by atoms with Crippen LogP contribution < -0.4 is 5.56 Å². The van der Waals surface area contributed by atoms with Crippen molar-refractivity contribution >= 4 is 22.3 Å². The molecule has 0 radical (unpaired) electrons. The molecule has 9 heteroatoms. The van der Waals surface area contributed by atoms with Crippen molar-refractivity contribution in [3.05, 3.63) is 81.7 Å². The predicted molar refractivity (Wildman–Crippen MR) is 104 cm³/mol. The molecule has 0 saturated heterocycles. The molecule has 4 aromatic rings. The number of halogens is 2. The summed E-state index contributed by atoms with van der Waals surface area (Å²) in [6.07, 6.45) is 5.04. The van der Waals surface area contributed by atoms with Gasteiger partial charge in [-0.15, -0.1) is 0 Å². The Morgan fingerprint density at radius 3 is 2.83 bits per heavy atom. The summed E-state index contributed by atoms with van der Waals surface area (Å²) in [4.78, 5) is 33.9. The number of rotatable bonds is 2. The Morgan fingerprint density at radius 1 is 1.27 bits per heavy atom. The molecular weight excluding hydrogens is 394 g/mol. The van der Waals surface area contributed by atoms with Gasteiger partial charge in [-0.2, -0.15) is 0 Å². The van der Waals surface area contributed by atoms with E-state index >= 15 is 0 Å². The number of aromatic amines is 1. The molecule has 0 aliphatic carbocycles. The summed E-state index contributed by atoms with van der Waals surface area (Å²) in [7, 11) is 1.61. The third kappa shape index (κ3) is 2.78. The number of hydrogen-bond acceptors (Lipinski definition) is 4. The molecule has 1 atom stereocenters. The van der Waals surface area contributed by atoms with E-state index in [0.29, 0.717) is 22.5 Å². The predicted octanol–water partition coefficient (Wildman–Crippen LogP) is 2.80. The van der Waals surface area contributed by atoms with Gasteiger partial charge in [0, 0.05) is 36.9 Å². The van der Waals surface area contributed by atoms with Crippen LogP contribution in [0.1, 0.15) is 27.7 Å². The van der Waals surface area contributed by atoms with Crippen molar-refractivity contribution in [2.45, 2.75) is 12.6 Å². The number of likely N-dealkylation sites (N-methyl/N-ethyl adjacent to an activating group) is 1. The number of hydrogen-bond donors (Lipinski definition) is 1. The highest BCUT2D eigenvalue weighted by atomic mass is 19.2. The Morgan fingerprint density at radius 2 is 2.03 bits per heavy atom. The second-order valence-electron chi connectivity index (χ2n) is 7.22. The Bertz CT molecular complexity index is 1380. The van der Waals surface area contributed by atoms with Crippen molar-refractivity contribution in [3.63, 3.8) is 0 Å². The van der Waals surface area contributed by atoms with E-state index in [9.17, 15) is 18.4 Å². The van der Waals surface area contributed by atoms with E-state index in [1.165, 1.54) is 4.90 Å². The second-order valence-corrected chi connectivity index (χ2v) is 7.22. The van der Waals surface area contributed by atoms with Crippen LogP contribution in [0.25, 0.3) is 16.4 Å². The van der Waals surface area contributed by atoms with Gasteiger partial charge in [0.25, 0.3) is 11.5 Å². The number of amides is 1. The molecule has 0 bridgehead atoms. The number of pyridine rings is 2. The molecule has 1 unspecified atom stereocenters. The van der Waals surface area contributed by atoms with Crippen molar-refractivity contribution in [1.29, 1.82) is 0 Å². The van der Waals surface area contributed by atoms with Crippen LogP contribution in [0.4, 0.5) is 8.78 Å². The maximum absolute atomic E-state index is 14.0. The van der Waals surface area contributed by atoms with Crippen molar-refractivity contribution in [2.24, 2.45) is 0 Å². The fourth-order valence-electron chi connectivity index (χ4n) is 3.94. The van der Waals surface area contributed by atoms with Gasteiger partial charge in [0.15, 0.2) is 11.6 Å². The molecule has 1 aliphatic heterocycles. The van der Waals surface area contributed by atoms with Crippen LogP contribution in [-0.2, 0) is 11.3 Å². The highest BCUT2D eigenvalue weighted by Gasteiger charge is 2.31. The van der Waals surface area contributed by atoms with E-state index in [2.05, 4.69) is 9.97 Å². The molecule has 0 spiro atoms. The fourth-order valence-corrected chi connectivity index (χ4v) is 3.94. The molecule has 152 valence electrons. The van der Waals surface area contributed by atoms with Crippen molar-refractivity contribution in [2.75, 3.05) is 13.7 Å². The maximum atomic E-state index is 14.0. The van der Waals surface area contributed by atoms with Crippen molar-refractivity contribution in [3.8, 4) is 0 Å². The van der Waals surface area contributed by atoms with Crippen LogP contribution in [0.3, 0.4) is 0 Å². The van der Waals surface area contributed by atoms with Crippen LogP contribution in [0.5, 0.6) is 0 Å². The molecule has 5 rings (SSSR count). The number of fused-ring (bicyclic) bond motifs is 4. The molecule has 1 amide bonds. The average molecular weight is 410 g/mol. The molecule has 7 nitrogen and oxygen atoms in total.